The summed E-state index contributed by atoms with van der Waals surface area (Å²) in [7, 11) is 1.60. The van der Waals surface area contributed by atoms with E-state index in [1.54, 1.807) is 25.2 Å². The van der Waals surface area contributed by atoms with Gasteiger partial charge in [0.1, 0.15) is 0 Å². The second-order valence-corrected chi connectivity index (χ2v) is 4.16. The van der Waals surface area contributed by atoms with Crippen molar-refractivity contribution in [1.29, 1.82) is 0 Å². The van der Waals surface area contributed by atoms with E-state index >= 15 is 0 Å². The maximum Gasteiger partial charge on any atom is 0.321 e. The molecule has 0 saturated heterocycles. The van der Waals surface area contributed by atoms with Crippen LogP contribution in [0.1, 0.15) is 22.8 Å². The van der Waals surface area contributed by atoms with Gasteiger partial charge in [-0.3, -0.25) is 4.79 Å². The monoisotopic (exact) mass is 250 g/mol. The molecule has 5 heteroatoms. The molecule has 0 unspecified atom stereocenters. The molecule has 1 rings (SSSR count). The van der Waals surface area contributed by atoms with E-state index < -0.39 is 0 Å². The lowest BCUT2D eigenvalue weighted by molar-refractivity contribution is 0.101. The van der Waals surface area contributed by atoms with Gasteiger partial charge in [0.05, 0.1) is 6.61 Å². The number of nitrogens with one attached hydrogen (secondary N) is 1. The summed E-state index contributed by atoms with van der Waals surface area (Å²) >= 11 is 0. The van der Waals surface area contributed by atoms with Crippen LogP contribution in [0.5, 0.6) is 0 Å². The zero-order chi connectivity index (χ0) is 13.7. The smallest absolute Gasteiger partial charge is 0.321 e. The van der Waals surface area contributed by atoms with E-state index in [1.807, 2.05) is 6.92 Å². The van der Waals surface area contributed by atoms with Gasteiger partial charge in [-0.25, -0.2) is 4.79 Å². The molecule has 2 amide bonds. The number of carbonyl (C=O) groups is 2. The summed E-state index contributed by atoms with van der Waals surface area (Å²) in [5.74, 6) is 0.00257. The Hall–Kier alpha value is -1.88. The van der Waals surface area contributed by atoms with Gasteiger partial charge in [-0.05, 0) is 37.6 Å². The van der Waals surface area contributed by atoms with Crippen LogP contribution in [-0.2, 0) is 0 Å². The highest BCUT2D eigenvalue weighted by atomic mass is 16.3. The highest BCUT2D eigenvalue weighted by molar-refractivity contribution is 5.96. The maximum absolute atomic E-state index is 11.7. The molecule has 0 radical (unpaired) electrons. The van der Waals surface area contributed by atoms with Gasteiger partial charge in [0.25, 0.3) is 0 Å². The first-order chi connectivity index (χ1) is 8.45. The number of amides is 2. The number of aryl methyl sites for hydroxylation is 1. The van der Waals surface area contributed by atoms with Crippen LogP contribution < -0.4 is 5.32 Å². The zero-order valence-electron chi connectivity index (χ0n) is 10.9. The van der Waals surface area contributed by atoms with Crippen LogP contribution in [0, 0.1) is 6.92 Å². The molecule has 0 aliphatic rings. The number of carbonyl (C=O) groups excluding carboxylic acids is 2. The number of Topliss-reactive ketones (excluding diaryl/α,β-unsaturated/α-hetero) is 1. The fourth-order valence-electron chi connectivity index (χ4n) is 1.61. The van der Waals surface area contributed by atoms with Gasteiger partial charge in [0.15, 0.2) is 5.78 Å². The molecular formula is C13H18N2O3. The van der Waals surface area contributed by atoms with Gasteiger partial charge < -0.3 is 15.3 Å². The van der Waals surface area contributed by atoms with Crippen LogP contribution in [0.15, 0.2) is 18.2 Å². The molecule has 0 aromatic heterocycles. The standard InChI is InChI=1S/C13H18N2O3/c1-9-8-11(4-5-12(9)10(2)17)14-13(18)15(3)6-7-16/h4-5,8,16H,6-7H2,1-3H3,(H,14,18). The van der Waals surface area contributed by atoms with Gasteiger partial charge in [-0.2, -0.15) is 0 Å². The number of hydrogen-bond acceptors (Lipinski definition) is 3. The number of hydrogen-bond donors (Lipinski definition) is 2. The summed E-state index contributed by atoms with van der Waals surface area (Å²) in [5, 5.41) is 11.4. The van der Waals surface area contributed by atoms with Crippen molar-refractivity contribution in [2.45, 2.75) is 13.8 Å². The molecule has 0 atom stereocenters. The van der Waals surface area contributed by atoms with E-state index in [-0.39, 0.29) is 25.0 Å². The number of likely N-dealkylation sites (N-methyl/N-ethyl adjacent to an activating group) is 1. The van der Waals surface area contributed by atoms with Crippen molar-refractivity contribution >= 4 is 17.5 Å². The van der Waals surface area contributed by atoms with Gasteiger partial charge in [-0.15, -0.1) is 0 Å². The van der Waals surface area contributed by atoms with Crippen molar-refractivity contribution in [2.75, 3.05) is 25.5 Å². The molecule has 18 heavy (non-hydrogen) atoms. The normalized spacial score (nSPS) is 10.0. The summed E-state index contributed by atoms with van der Waals surface area (Å²) in [5.41, 5.74) is 2.11. The molecule has 0 heterocycles. The lowest BCUT2D eigenvalue weighted by Gasteiger charge is -2.17. The fraction of sp³-hybridized carbons (Fsp3) is 0.385. The first-order valence-corrected chi connectivity index (χ1v) is 5.70. The Kier molecular flexibility index (Phi) is 4.85. The number of aliphatic hydroxyl groups is 1. The Bertz CT molecular complexity index is 458. The van der Waals surface area contributed by atoms with Crippen LogP contribution >= 0.6 is 0 Å². The Labute approximate surface area is 106 Å². The van der Waals surface area contributed by atoms with E-state index in [2.05, 4.69) is 5.32 Å². The Balaban J connectivity index is 2.77. The molecule has 1 aromatic rings. The minimum Gasteiger partial charge on any atom is -0.395 e. The zero-order valence-corrected chi connectivity index (χ0v) is 10.9. The quantitative estimate of drug-likeness (QED) is 0.798. The molecule has 2 N–H and O–H groups in total. The third kappa shape index (κ3) is 3.56. The van der Waals surface area contributed by atoms with E-state index in [9.17, 15) is 9.59 Å². The van der Waals surface area contributed by atoms with Crippen LogP contribution in [0.3, 0.4) is 0 Å². The molecule has 5 nitrogen and oxygen atoms in total. The van der Waals surface area contributed by atoms with E-state index in [0.29, 0.717) is 11.3 Å². The average molecular weight is 250 g/mol. The first-order valence-electron chi connectivity index (χ1n) is 5.70. The number of ketones is 1. The third-order valence-electron chi connectivity index (χ3n) is 2.64. The van der Waals surface area contributed by atoms with E-state index in [4.69, 9.17) is 5.11 Å². The number of rotatable bonds is 4. The topological polar surface area (TPSA) is 69.6 Å². The summed E-state index contributed by atoms with van der Waals surface area (Å²) in [6, 6.07) is 4.84. The average Bonchev–Trinajstić information content (AvgIpc) is 2.28. The van der Waals surface area contributed by atoms with Crippen LogP contribution in [0.4, 0.5) is 10.5 Å². The third-order valence-corrected chi connectivity index (χ3v) is 2.64. The summed E-state index contributed by atoms with van der Waals surface area (Å²) in [4.78, 5) is 24.3. The number of benzene rings is 1. The molecule has 1 aromatic carbocycles. The largest absolute Gasteiger partial charge is 0.395 e. The van der Waals surface area contributed by atoms with Gasteiger partial charge >= 0.3 is 6.03 Å². The lowest BCUT2D eigenvalue weighted by atomic mass is 10.1. The minimum absolute atomic E-state index is 0.00257. The lowest BCUT2D eigenvalue weighted by Crippen LogP contribution is -2.33. The van der Waals surface area contributed by atoms with Crippen LogP contribution in [0.2, 0.25) is 0 Å². The van der Waals surface area contributed by atoms with Crippen molar-refractivity contribution in [1.82, 2.24) is 4.90 Å². The van der Waals surface area contributed by atoms with E-state index in [0.717, 1.165) is 5.56 Å². The van der Waals surface area contributed by atoms with Gasteiger partial charge in [0.2, 0.25) is 0 Å². The van der Waals surface area contributed by atoms with Crippen molar-refractivity contribution in [2.24, 2.45) is 0 Å². The maximum atomic E-state index is 11.7. The highest BCUT2D eigenvalue weighted by Gasteiger charge is 2.09. The molecule has 98 valence electrons. The second-order valence-electron chi connectivity index (χ2n) is 4.16. The van der Waals surface area contributed by atoms with Crippen molar-refractivity contribution in [3.8, 4) is 0 Å². The summed E-state index contributed by atoms with van der Waals surface area (Å²) < 4.78 is 0. The summed E-state index contributed by atoms with van der Waals surface area (Å²) in [6.45, 7) is 3.53. The van der Waals surface area contributed by atoms with Crippen LogP contribution in [0.25, 0.3) is 0 Å². The van der Waals surface area contributed by atoms with Gasteiger partial charge in [0, 0.05) is 24.8 Å². The molecule has 0 aliphatic carbocycles. The van der Waals surface area contributed by atoms with Crippen molar-refractivity contribution in [3.63, 3.8) is 0 Å². The molecule has 0 saturated carbocycles. The summed E-state index contributed by atoms with van der Waals surface area (Å²) in [6.07, 6.45) is 0. The number of nitrogens with zero attached hydrogens (tertiary/aromatic N) is 1. The van der Waals surface area contributed by atoms with Crippen molar-refractivity contribution < 1.29 is 14.7 Å². The Morgan fingerprint density at radius 2 is 2.06 bits per heavy atom. The Morgan fingerprint density at radius 1 is 1.39 bits per heavy atom. The molecule has 0 spiro atoms. The molecule has 0 bridgehead atoms. The molecule has 0 fully saturated rings. The molecular weight excluding hydrogens is 232 g/mol. The predicted molar refractivity (Wildman–Crippen MR) is 69.9 cm³/mol. The number of urea groups is 1. The SMILES string of the molecule is CC(=O)c1ccc(NC(=O)N(C)CCO)cc1C. The number of aliphatic hydroxyl groups excluding tert-OH is 1. The fourth-order valence-corrected chi connectivity index (χ4v) is 1.61. The minimum atomic E-state index is -0.293. The van der Waals surface area contributed by atoms with E-state index in [1.165, 1.54) is 11.8 Å². The predicted octanol–water partition coefficient (Wildman–Crippen LogP) is 1.65. The Morgan fingerprint density at radius 3 is 2.56 bits per heavy atom. The van der Waals surface area contributed by atoms with Crippen LogP contribution in [-0.4, -0.2) is 42.0 Å². The number of anilines is 1. The van der Waals surface area contributed by atoms with Crippen molar-refractivity contribution in [3.05, 3.63) is 29.3 Å². The van der Waals surface area contributed by atoms with Gasteiger partial charge in [-0.1, -0.05) is 0 Å². The molecule has 0 aliphatic heterocycles. The second kappa shape index (κ2) is 6.16. The first kappa shape index (κ1) is 14.2. The highest BCUT2D eigenvalue weighted by Crippen LogP contribution is 2.16.